The Morgan fingerprint density at radius 1 is 1.20 bits per heavy atom. The maximum atomic E-state index is 9.91. The SMILES string of the molecule is CC(C)(C)C(=O)[O-].[Cl-].[Cl-].[Ru+3]. The fourth-order valence-electron chi connectivity index (χ4n) is 0. The number of hydrogen-bond donors (Lipinski definition) is 0. The minimum absolute atomic E-state index is 0. The molecule has 0 aromatic carbocycles. The summed E-state index contributed by atoms with van der Waals surface area (Å²) >= 11 is 0. The topological polar surface area (TPSA) is 40.1 Å². The predicted octanol–water partition coefficient (Wildman–Crippen LogP) is -6.21. The Balaban J connectivity index is -0.0000000600. The minimum atomic E-state index is -1.01. The van der Waals surface area contributed by atoms with Crippen molar-refractivity contribution in [3.8, 4) is 0 Å². The molecule has 0 atom stereocenters. The summed E-state index contributed by atoms with van der Waals surface area (Å²) in [5.41, 5.74) is -0.694. The summed E-state index contributed by atoms with van der Waals surface area (Å²) in [5, 5.41) is 9.91. The van der Waals surface area contributed by atoms with Crippen LogP contribution in [0.15, 0.2) is 0 Å². The second kappa shape index (κ2) is 7.78. The van der Waals surface area contributed by atoms with Crippen LogP contribution in [-0.4, -0.2) is 5.97 Å². The van der Waals surface area contributed by atoms with Gasteiger partial charge in [0, 0.05) is 11.4 Å². The van der Waals surface area contributed by atoms with Gasteiger partial charge in [0.1, 0.15) is 0 Å². The number of carbonyl (C=O) groups excluding carboxylic acids is 1. The minimum Gasteiger partial charge on any atom is -1.00 e. The molecule has 0 aliphatic carbocycles. The van der Waals surface area contributed by atoms with Crippen LogP contribution in [0.1, 0.15) is 20.8 Å². The van der Waals surface area contributed by atoms with Gasteiger partial charge in [-0.3, -0.25) is 0 Å². The van der Waals surface area contributed by atoms with Crippen LogP contribution >= 0.6 is 0 Å². The molecule has 0 saturated carbocycles. The smallest absolute Gasteiger partial charge is 1.00 e. The first-order chi connectivity index (χ1) is 2.94. The first kappa shape index (κ1) is 22.4. The van der Waals surface area contributed by atoms with Gasteiger partial charge in [0.2, 0.25) is 0 Å². The van der Waals surface area contributed by atoms with Crippen LogP contribution in [0.4, 0.5) is 0 Å². The molecule has 0 saturated heterocycles. The van der Waals surface area contributed by atoms with Gasteiger partial charge in [-0.2, -0.15) is 0 Å². The average Bonchev–Trinajstić information content (AvgIpc) is 1.31. The molecule has 63 valence electrons. The third kappa shape index (κ3) is 11.5. The number of carboxylic acids is 1. The van der Waals surface area contributed by atoms with Gasteiger partial charge in [-0.1, -0.05) is 20.8 Å². The molecular weight excluding hydrogens is 264 g/mol. The van der Waals surface area contributed by atoms with Gasteiger partial charge in [0.05, 0.1) is 0 Å². The van der Waals surface area contributed by atoms with Crippen molar-refractivity contribution < 1.29 is 54.2 Å². The van der Waals surface area contributed by atoms with E-state index >= 15 is 0 Å². The van der Waals surface area contributed by atoms with E-state index in [2.05, 4.69) is 0 Å². The summed E-state index contributed by atoms with van der Waals surface area (Å²) in [6.07, 6.45) is 0. The second-order valence-corrected chi connectivity index (χ2v) is 2.54. The van der Waals surface area contributed by atoms with Gasteiger partial charge < -0.3 is 34.7 Å². The molecule has 0 aliphatic heterocycles. The van der Waals surface area contributed by atoms with Crippen molar-refractivity contribution in [3.63, 3.8) is 0 Å². The molecule has 0 aromatic heterocycles. The largest absolute Gasteiger partial charge is 3.00 e. The first-order valence-electron chi connectivity index (χ1n) is 2.16. The molecule has 0 aliphatic rings. The number of aliphatic carboxylic acids is 1. The van der Waals surface area contributed by atoms with E-state index in [4.69, 9.17) is 0 Å². The van der Waals surface area contributed by atoms with Crippen molar-refractivity contribution in [1.82, 2.24) is 0 Å². The second-order valence-electron chi connectivity index (χ2n) is 2.54. The molecule has 1 radical (unpaired) electrons. The Morgan fingerprint density at radius 2 is 1.30 bits per heavy atom. The maximum absolute atomic E-state index is 9.91. The first-order valence-corrected chi connectivity index (χ1v) is 2.16. The van der Waals surface area contributed by atoms with Crippen LogP contribution < -0.4 is 29.9 Å². The quantitative estimate of drug-likeness (QED) is 0.412. The van der Waals surface area contributed by atoms with Gasteiger partial charge in [-0.25, -0.2) is 0 Å². The van der Waals surface area contributed by atoms with Gasteiger partial charge in [0.15, 0.2) is 0 Å². The Bertz CT molecular complexity index is 90.1. The maximum Gasteiger partial charge on any atom is 3.00 e. The normalized spacial score (nSPS) is 7.90. The predicted molar refractivity (Wildman–Crippen MR) is 24.5 cm³/mol. The number of carboxylic acid groups (broad SMARTS) is 1. The zero-order valence-corrected chi connectivity index (χ0v) is 9.18. The average molecular weight is 273 g/mol. The van der Waals surface area contributed by atoms with E-state index in [-0.39, 0.29) is 44.3 Å². The Kier molecular flexibility index (Phi) is 17.4. The Hall–Kier alpha value is 0.673. The molecule has 0 unspecified atom stereocenters. The Morgan fingerprint density at radius 3 is 1.30 bits per heavy atom. The monoisotopic (exact) mass is 273 g/mol. The molecule has 0 spiro atoms. The molecule has 0 heterocycles. The number of rotatable bonds is 0. The summed E-state index contributed by atoms with van der Waals surface area (Å²) in [6.45, 7) is 4.80. The van der Waals surface area contributed by atoms with Crippen LogP contribution in [0, 0.1) is 5.41 Å². The molecule has 10 heavy (non-hydrogen) atoms. The molecule has 0 aromatic rings. The molecular formula is C5H9Cl2O2Ru. The number of hydrogen-bond acceptors (Lipinski definition) is 2. The summed E-state index contributed by atoms with van der Waals surface area (Å²) in [5.74, 6) is -1.01. The molecule has 0 fully saturated rings. The van der Waals surface area contributed by atoms with E-state index in [1.165, 1.54) is 0 Å². The van der Waals surface area contributed by atoms with Crippen LogP contribution in [0.3, 0.4) is 0 Å². The fourth-order valence-corrected chi connectivity index (χ4v) is 0. The van der Waals surface area contributed by atoms with E-state index < -0.39 is 11.4 Å². The van der Waals surface area contributed by atoms with Crippen LogP contribution in [-0.2, 0) is 24.3 Å². The van der Waals surface area contributed by atoms with E-state index in [1.807, 2.05) is 0 Å². The van der Waals surface area contributed by atoms with E-state index in [0.717, 1.165) is 0 Å². The van der Waals surface area contributed by atoms with Gasteiger partial charge >= 0.3 is 19.5 Å². The van der Waals surface area contributed by atoms with Crippen molar-refractivity contribution in [1.29, 1.82) is 0 Å². The van der Waals surface area contributed by atoms with E-state index in [0.29, 0.717) is 0 Å². The van der Waals surface area contributed by atoms with Gasteiger partial charge in [-0.15, -0.1) is 0 Å². The molecule has 0 N–H and O–H groups in total. The standard InChI is InChI=1S/C5H10O2.2ClH.Ru/c1-5(2,3)4(6)7;;;/h1-3H3,(H,6,7);2*1H;/q;;;+3/p-3. The molecule has 0 rings (SSSR count). The summed E-state index contributed by atoms with van der Waals surface area (Å²) < 4.78 is 0. The van der Waals surface area contributed by atoms with E-state index in [9.17, 15) is 9.90 Å². The van der Waals surface area contributed by atoms with Crippen LogP contribution in [0.5, 0.6) is 0 Å². The van der Waals surface area contributed by atoms with Crippen LogP contribution in [0.2, 0.25) is 0 Å². The molecule has 2 nitrogen and oxygen atoms in total. The third-order valence-corrected chi connectivity index (χ3v) is 0.612. The fraction of sp³-hybridized carbons (Fsp3) is 0.800. The zero-order valence-electron chi connectivity index (χ0n) is 5.93. The van der Waals surface area contributed by atoms with Crippen molar-refractivity contribution in [3.05, 3.63) is 0 Å². The molecule has 0 amide bonds. The Labute approximate surface area is 86.3 Å². The third-order valence-electron chi connectivity index (χ3n) is 0.612. The number of carbonyl (C=O) groups is 1. The molecule has 5 heteroatoms. The summed E-state index contributed by atoms with van der Waals surface area (Å²) in [7, 11) is 0. The van der Waals surface area contributed by atoms with Crippen molar-refractivity contribution in [2.45, 2.75) is 20.8 Å². The van der Waals surface area contributed by atoms with E-state index in [1.54, 1.807) is 20.8 Å². The van der Waals surface area contributed by atoms with Gasteiger partial charge in [0.25, 0.3) is 0 Å². The van der Waals surface area contributed by atoms with Crippen molar-refractivity contribution >= 4 is 5.97 Å². The van der Waals surface area contributed by atoms with Crippen LogP contribution in [0.25, 0.3) is 0 Å². The summed E-state index contributed by atoms with van der Waals surface area (Å²) in [4.78, 5) is 9.91. The summed E-state index contributed by atoms with van der Waals surface area (Å²) in [6, 6.07) is 0. The van der Waals surface area contributed by atoms with Crippen molar-refractivity contribution in [2.75, 3.05) is 0 Å². The van der Waals surface area contributed by atoms with Crippen molar-refractivity contribution in [2.24, 2.45) is 5.41 Å². The van der Waals surface area contributed by atoms with Gasteiger partial charge in [-0.05, 0) is 0 Å². The number of halogens is 2. The molecule has 0 bridgehead atoms. The zero-order chi connectivity index (χ0) is 6.08.